The van der Waals surface area contributed by atoms with Crippen LogP contribution in [0.1, 0.15) is 30.1 Å². The van der Waals surface area contributed by atoms with Crippen LogP contribution in [0.25, 0.3) is 11.1 Å². The molecule has 0 saturated carbocycles. The third kappa shape index (κ3) is 4.52. The molecule has 4 nitrogen and oxygen atoms in total. The number of unbranched alkanes of at least 4 members (excludes halogenated alkanes) is 1. The SMILES string of the molecule is CCCCOc1c(OC)cc(C=O)cc1Oc1ccccc1-c1ccccc1. The monoisotopic (exact) mass is 376 g/mol. The first-order valence-corrected chi connectivity index (χ1v) is 9.39. The minimum atomic E-state index is 0.459. The second-order valence-corrected chi connectivity index (χ2v) is 6.33. The number of benzene rings is 3. The number of carbonyl (C=O) groups excluding carboxylic acids is 1. The van der Waals surface area contributed by atoms with E-state index in [0.717, 1.165) is 30.3 Å². The van der Waals surface area contributed by atoms with E-state index in [1.807, 2.05) is 54.6 Å². The van der Waals surface area contributed by atoms with Crippen LogP contribution in [-0.2, 0) is 0 Å². The molecule has 0 saturated heterocycles. The van der Waals surface area contributed by atoms with Gasteiger partial charge in [-0.25, -0.2) is 0 Å². The molecule has 0 aliphatic heterocycles. The van der Waals surface area contributed by atoms with E-state index in [0.29, 0.717) is 35.2 Å². The van der Waals surface area contributed by atoms with Gasteiger partial charge in [-0.15, -0.1) is 0 Å². The molecule has 0 radical (unpaired) electrons. The van der Waals surface area contributed by atoms with E-state index in [9.17, 15) is 4.79 Å². The van der Waals surface area contributed by atoms with Crippen LogP contribution in [-0.4, -0.2) is 20.0 Å². The third-order valence-corrected chi connectivity index (χ3v) is 4.34. The van der Waals surface area contributed by atoms with Crippen molar-refractivity contribution in [1.29, 1.82) is 0 Å². The summed E-state index contributed by atoms with van der Waals surface area (Å²) >= 11 is 0. The van der Waals surface area contributed by atoms with Crippen LogP contribution in [0.5, 0.6) is 23.0 Å². The van der Waals surface area contributed by atoms with Crippen LogP contribution in [0, 0.1) is 0 Å². The van der Waals surface area contributed by atoms with Crippen molar-refractivity contribution >= 4 is 6.29 Å². The Labute approximate surface area is 165 Å². The largest absolute Gasteiger partial charge is 0.493 e. The van der Waals surface area contributed by atoms with Crippen LogP contribution < -0.4 is 14.2 Å². The van der Waals surface area contributed by atoms with E-state index in [-0.39, 0.29) is 0 Å². The Bertz CT molecular complexity index is 919. The summed E-state index contributed by atoms with van der Waals surface area (Å²) < 4.78 is 17.6. The fraction of sp³-hybridized carbons (Fsp3) is 0.208. The van der Waals surface area contributed by atoms with Crippen molar-refractivity contribution in [1.82, 2.24) is 0 Å². The normalized spacial score (nSPS) is 10.4. The fourth-order valence-electron chi connectivity index (χ4n) is 2.88. The first-order valence-electron chi connectivity index (χ1n) is 9.39. The molecule has 0 N–H and O–H groups in total. The first kappa shape index (κ1) is 19.5. The summed E-state index contributed by atoms with van der Waals surface area (Å²) in [5.41, 5.74) is 2.47. The molecule has 0 unspecified atom stereocenters. The van der Waals surface area contributed by atoms with Gasteiger partial charge in [-0.05, 0) is 30.2 Å². The van der Waals surface area contributed by atoms with Gasteiger partial charge in [0.05, 0.1) is 13.7 Å². The van der Waals surface area contributed by atoms with Crippen LogP contribution >= 0.6 is 0 Å². The number of methoxy groups -OCH3 is 1. The highest BCUT2D eigenvalue weighted by atomic mass is 16.5. The summed E-state index contributed by atoms with van der Waals surface area (Å²) in [4.78, 5) is 11.4. The number of rotatable bonds is 9. The topological polar surface area (TPSA) is 44.8 Å². The van der Waals surface area contributed by atoms with Crippen molar-refractivity contribution in [3.05, 3.63) is 72.3 Å². The Morgan fingerprint density at radius 1 is 0.893 bits per heavy atom. The number of carbonyl (C=O) groups is 1. The van der Waals surface area contributed by atoms with Crippen molar-refractivity contribution in [2.24, 2.45) is 0 Å². The van der Waals surface area contributed by atoms with E-state index < -0.39 is 0 Å². The summed E-state index contributed by atoms with van der Waals surface area (Å²) in [5, 5.41) is 0. The van der Waals surface area contributed by atoms with Gasteiger partial charge < -0.3 is 14.2 Å². The van der Waals surface area contributed by atoms with Gasteiger partial charge in [-0.3, -0.25) is 4.79 Å². The maximum atomic E-state index is 11.4. The number of hydrogen-bond donors (Lipinski definition) is 0. The summed E-state index contributed by atoms with van der Waals surface area (Å²) in [6, 6.07) is 21.1. The predicted molar refractivity (Wildman–Crippen MR) is 111 cm³/mol. The molecule has 0 atom stereocenters. The van der Waals surface area contributed by atoms with Crippen LogP contribution in [0.4, 0.5) is 0 Å². The van der Waals surface area contributed by atoms with Crippen molar-refractivity contribution < 1.29 is 19.0 Å². The highest BCUT2D eigenvalue weighted by Gasteiger charge is 2.17. The molecule has 0 fully saturated rings. The average molecular weight is 376 g/mol. The molecule has 0 aliphatic carbocycles. The maximum absolute atomic E-state index is 11.4. The number of ether oxygens (including phenoxy) is 3. The Morgan fingerprint density at radius 2 is 1.61 bits per heavy atom. The van der Waals surface area contributed by atoms with E-state index in [2.05, 4.69) is 6.92 Å². The van der Waals surface area contributed by atoms with Gasteiger partial charge in [0.1, 0.15) is 12.0 Å². The van der Waals surface area contributed by atoms with Gasteiger partial charge >= 0.3 is 0 Å². The molecule has 0 aliphatic rings. The quantitative estimate of drug-likeness (QED) is 0.332. The molecule has 0 bridgehead atoms. The van der Waals surface area contributed by atoms with Gasteiger partial charge in [0.25, 0.3) is 0 Å². The van der Waals surface area contributed by atoms with Gasteiger partial charge in [-0.2, -0.15) is 0 Å². The summed E-state index contributed by atoms with van der Waals surface area (Å²) in [6.07, 6.45) is 2.70. The lowest BCUT2D eigenvalue weighted by Gasteiger charge is -2.18. The Kier molecular flexibility index (Phi) is 6.68. The number of aldehydes is 1. The maximum Gasteiger partial charge on any atom is 0.204 e. The molecule has 0 amide bonds. The molecular formula is C24H24O4. The molecule has 0 heterocycles. The smallest absolute Gasteiger partial charge is 0.204 e. The molecule has 4 heteroatoms. The molecule has 3 rings (SSSR count). The fourth-order valence-corrected chi connectivity index (χ4v) is 2.88. The Balaban J connectivity index is 2.03. The highest BCUT2D eigenvalue weighted by Crippen LogP contribution is 2.43. The van der Waals surface area contributed by atoms with Crippen molar-refractivity contribution in [2.45, 2.75) is 19.8 Å². The zero-order valence-corrected chi connectivity index (χ0v) is 16.2. The second-order valence-electron chi connectivity index (χ2n) is 6.33. The number of para-hydroxylation sites is 1. The zero-order chi connectivity index (χ0) is 19.8. The van der Waals surface area contributed by atoms with Gasteiger partial charge in [-0.1, -0.05) is 61.9 Å². The van der Waals surface area contributed by atoms with Crippen molar-refractivity contribution in [2.75, 3.05) is 13.7 Å². The molecule has 3 aromatic rings. The molecule has 3 aromatic carbocycles. The van der Waals surface area contributed by atoms with E-state index in [4.69, 9.17) is 14.2 Å². The van der Waals surface area contributed by atoms with Gasteiger partial charge in [0.2, 0.25) is 5.75 Å². The minimum Gasteiger partial charge on any atom is -0.493 e. The Hall–Kier alpha value is -3.27. The van der Waals surface area contributed by atoms with Crippen molar-refractivity contribution in [3.63, 3.8) is 0 Å². The summed E-state index contributed by atoms with van der Waals surface area (Å²) in [6.45, 7) is 2.65. The lowest BCUT2D eigenvalue weighted by molar-refractivity contribution is 0.112. The van der Waals surface area contributed by atoms with E-state index in [1.54, 1.807) is 19.2 Å². The molecule has 28 heavy (non-hydrogen) atoms. The lowest BCUT2D eigenvalue weighted by atomic mass is 10.0. The third-order valence-electron chi connectivity index (χ3n) is 4.34. The van der Waals surface area contributed by atoms with Crippen LogP contribution in [0.15, 0.2) is 66.7 Å². The second kappa shape index (κ2) is 9.60. The van der Waals surface area contributed by atoms with Gasteiger partial charge in [0, 0.05) is 11.1 Å². The van der Waals surface area contributed by atoms with Crippen LogP contribution in [0.3, 0.4) is 0 Å². The molecular weight excluding hydrogens is 352 g/mol. The predicted octanol–water partition coefficient (Wildman–Crippen LogP) is 6.15. The summed E-state index contributed by atoms with van der Waals surface area (Å²) in [7, 11) is 1.55. The standard InChI is InChI=1S/C24H24O4/c1-3-4-14-27-24-22(26-2)15-18(17-25)16-23(24)28-21-13-9-8-12-20(21)19-10-6-5-7-11-19/h5-13,15-17H,3-4,14H2,1-2H3. The highest BCUT2D eigenvalue weighted by molar-refractivity contribution is 5.79. The molecule has 144 valence electrons. The Morgan fingerprint density at radius 3 is 2.32 bits per heavy atom. The zero-order valence-electron chi connectivity index (χ0n) is 16.2. The lowest BCUT2D eigenvalue weighted by Crippen LogP contribution is -2.02. The van der Waals surface area contributed by atoms with Crippen LogP contribution in [0.2, 0.25) is 0 Å². The molecule has 0 spiro atoms. The van der Waals surface area contributed by atoms with E-state index in [1.165, 1.54) is 0 Å². The van der Waals surface area contributed by atoms with E-state index >= 15 is 0 Å². The first-order chi connectivity index (χ1) is 13.8. The minimum absolute atomic E-state index is 0.459. The average Bonchev–Trinajstić information content (AvgIpc) is 2.75. The van der Waals surface area contributed by atoms with Crippen molar-refractivity contribution in [3.8, 4) is 34.1 Å². The molecule has 0 aromatic heterocycles. The number of hydrogen-bond acceptors (Lipinski definition) is 4. The summed E-state index contributed by atoms with van der Waals surface area (Å²) in [5.74, 6) is 2.12. The van der Waals surface area contributed by atoms with Gasteiger partial charge in [0.15, 0.2) is 11.5 Å².